The lowest BCUT2D eigenvalue weighted by atomic mass is 9.84. The Morgan fingerprint density at radius 2 is 0.825 bits per heavy atom. The second-order valence-electron chi connectivity index (χ2n) is 11.7. The third-order valence-corrected chi connectivity index (χ3v) is 10.3. The third-order valence-electron chi connectivity index (χ3n) is 8.23. The van der Waals surface area contributed by atoms with E-state index < -0.39 is 8.07 Å². The molecule has 0 unspecified atom stereocenters. The van der Waals surface area contributed by atoms with Crippen molar-refractivity contribution in [3.05, 3.63) is 140 Å². The Kier molecular flexibility index (Phi) is 5.91. The van der Waals surface area contributed by atoms with Gasteiger partial charge in [-0.25, -0.2) is 0 Å². The highest BCUT2D eigenvalue weighted by molar-refractivity contribution is 6.88. The SMILES string of the molecule is C[Si](C)(C)c1ccc2c(-c3ccc(-c4ccccc4)c4ccccc34)c3ccccc3c(-c3ccccc3)c2c1. The molecule has 0 saturated carbocycles. The van der Waals surface area contributed by atoms with Crippen molar-refractivity contribution < 1.29 is 0 Å². The van der Waals surface area contributed by atoms with Crippen LogP contribution in [0.2, 0.25) is 19.6 Å². The van der Waals surface area contributed by atoms with Gasteiger partial charge in [-0.2, -0.15) is 0 Å². The zero-order valence-corrected chi connectivity index (χ0v) is 24.3. The van der Waals surface area contributed by atoms with Gasteiger partial charge < -0.3 is 0 Å². The Hall–Kier alpha value is -4.46. The van der Waals surface area contributed by atoms with Gasteiger partial charge in [0.25, 0.3) is 0 Å². The molecule has 0 aromatic heterocycles. The summed E-state index contributed by atoms with van der Waals surface area (Å²) in [6, 6.07) is 51.5. The molecule has 0 atom stereocenters. The summed E-state index contributed by atoms with van der Waals surface area (Å²) in [5.74, 6) is 0. The average molecular weight is 529 g/mol. The minimum Gasteiger partial charge on any atom is -0.0656 e. The molecule has 7 rings (SSSR count). The summed E-state index contributed by atoms with van der Waals surface area (Å²) in [5.41, 5.74) is 7.74. The van der Waals surface area contributed by atoms with Crippen molar-refractivity contribution in [1.29, 1.82) is 0 Å². The van der Waals surface area contributed by atoms with Crippen LogP contribution < -0.4 is 5.19 Å². The maximum atomic E-state index is 2.50. The van der Waals surface area contributed by atoms with Crippen molar-refractivity contribution in [1.82, 2.24) is 0 Å². The second-order valence-corrected chi connectivity index (χ2v) is 16.8. The molecule has 0 aliphatic heterocycles. The molecule has 0 saturated heterocycles. The molecule has 7 aromatic carbocycles. The van der Waals surface area contributed by atoms with E-state index in [-0.39, 0.29) is 0 Å². The van der Waals surface area contributed by atoms with Gasteiger partial charge in [0, 0.05) is 0 Å². The van der Waals surface area contributed by atoms with Gasteiger partial charge >= 0.3 is 0 Å². The largest absolute Gasteiger partial charge is 0.0776 e. The van der Waals surface area contributed by atoms with Crippen LogP contribution in [-0.4, -0.2) is 8.07 Å². The Bertz CT molecular complexity index is 2010. The van der Waals surface area contributed by atoms with E-state index in [2.05, 4.69) is 159 Å². The monoisotopic (exact) mass is 528 g/mol. The molecular formula is C39H32Si. The minimum atomic E-state index is -1.53. The molecule has 0 radical (unpaired) electrons. The number of hydrogen-bond acceptors (Lipinski definition) is 0. The van der Waals surface area contributed by atoms with Gasteiger partial charge in [0.1, 0.15) is 0 Å². The lowest BCUT2D eigenvalue weighted by Gasteiger charge is -2.22. The summed E-state index contributed by atoms with van der Waals surface area (Å²) in [4.78, 5) is 0. The first-order valence-corrected chi connectivity index (χ1v) is 17.6. The summed E-state index contributed by atoms with van der Waals surface area (Å²) < 4.78 is 0. The minimum absolute atomic E-state index is 1.25. The van der Waals surface area contributed by atoms with E-state index in [1.165, 1.54) is 70.9 Å². The highest BCUT2D eigenvalue weighted by Gasteiger charge is 2.22. The predicted molar refractivity (Wildman–Crippen MR) is 178 cm³/mol. The van der Waals surface area contributed by atoms with Crippen LogP contribution in [0.25, 0.3) is 65.7 Å². The standard InChI is InChI=1S/C39H32Si/c1-40(2,3)29-22-23-36-37(26-29)38(28-16-8-5-9-17-28)33-20-12-13-21-34(33)39(36)35-25-24-30(27-14-6-4-7-15-27)31-18-10-11-19-32(31)35/h4-26H,1-3H3. The van der Waals surface area contributed by atoms with E-state index in [1.807, 2.05) is 0 Å². The Balaban J connectivity index is 1.64. The van der Waals surface area contributed by atoms with E-state index in [1.54, 1.807) is 0 Å². The molecule has 0 N–H and O–H groups in total. The van der Waals surface area contributed by atoms with Gasteiger partial charge in [-0.15, -0.1) is 0 Å². The predicted octanol–water partition coefficient (Wildman–Crippen LogP) is 10.7. The smallest absolute Gasteiger partial charge is 0.0656 e. The summed E-state index contributed by atoms with van der Waals surface area (Å²) >= 11 is 0. The fourth-order valence-corrected chi connectivity index (χ4v) is 7.40. The Morgan fingerprint density at radius 3 is 1.45 bits per heavy atom. The van der Waals surface area contributed by atoms with Crippen LogP contribution in [0.3, 0.4) is 0 Å². The van der Waals surface area contributed by atoms with Gasteiger partial charge in [0.2, 0.25) is 0 Å². The second kappa shape index (κ2) is 9.62. The molecule has 0 bridgehead atoms. The molecule has 192 valence electrons. The molecule has 0 fully saturated rings. The third kappa shape index (κ3) is 4.06. The van der Waals surface area contributed by atoms with Crippen molar-refractivity contribution in [2.45, 2.75) is 19.6 Å². The zero-order chi connectivity index (χ0) is 27.3. The first-order chi connectivity index (χ1) is 19.5. The topological polar surface area (TPSA) is 0 Å². The summed E-state index contributed by atoms with van der Waals surface area (Å²) in [6.07, 6.45) is 0. The van der Waals surface area contributed by atoms with E-state index in [9.17, 15) is 0 Å². The van der Waals surface area contributed by atoms with Crippen molar-refractivity contribution in [3.63, 3.8) is 0 Å². The van der Waals surface area contributed by atoms with Crippen molar-refractivity contribution >= 4 is 45.6 Å². The molecular weight excluding hydrogens is 497 g/mol. The van der Waals surface area contributed by atoms with Crippen LogP contribution in [0.5, 0.6) is 0 Å². The van der Waals surface area contributed by atoms with E-state index in [0.29, 0.717) is 0 Å². The highest BCUT2D eigenvalue weighted by atomic mass is 28.3. The lowest BCUT2D eigenvalue weighted by molar-refractivity contribution is 1.64. The maximum Gasteiger partial charge on any atom is 0.0776 e. The van der Waals surface area contributed by atoms with Crippen molar-refractivity contribution in [3.8, 4) is 33.4 Å². The molecule has 0 heterocycles. The molecule has 0 aliphatic rings. The molecule has 0 aliphatic carbocycles. The quantitative estimate of drug-likeness (QED) is 0.157. The zero-order valence-electron chi connectivity index (χ0n) is 23.3. The molecule has 7 aromatic rings. The van der Waals surface area contributed by atoms with Crippen LogP contribution in [0.4, 0.5) is 0 Å². The average Bonchev–Trinajstić information content (AvgIpc) is 2.99. The van der Waals surface area contributed by atoms with Crippen LogP contribution in [-0.2, 0) is 0 Å². The molecule has 0 nitrogen and oxygen atoms in total. The number of fused-ring (bicyclic) bond motifs is 3. The highest BCUT2D eigenvalue weighted by Crippen LogP contribution is 2.46. The fourth-order valence-electron chi connectivity index (χ4n) is 6.24. The molecule has 1 heteroatoms. The van der Waals surface area contributed by atoms with Crippen molar-refractivity contribution in [2.75, 3.05) is 0 Å². The number of benzene rings is 7. The van der Waals surface area contributed by atoms with Gasteiger partial charge in [-0.05, 0) is 65.7 Å². The van der Waals surface area contributed by atoms with Crippen molar-refractivity contribution in [2.24, 2.45) is 0 Å². The summed E-state index contributed by atoms with van der Waals surface area (Å²) in [7, 11) is -1.53. The van der Waals surface area contributed by atoms with Crippen LogP contribution in [0, 0.1) is 0 Å². The lowest BCUT2D eigenvalue weighted by Crippen LogP contribution is -2.37. The Morgan fingerprint density at radius 1 is 0.350 bits per heavy atom. The summed E-state index contributed by atoms with van der Waals surface area (Å²) in [6.45, 7) is 7.32. The Labute approximate surface area is 237 Å². The van der Waals surface area contributed by atoms with Crippen LogP contribution in [0.15, 0.2) is 140 Å². The normalized spacial score (nSPS) is 11.9. The van der Waals surface area contributed by atoms with Crippen LogP contribution in [0.1, 0.15) is 0 Å². The first-order valence-electron chi connectivity index (χ1n) is 14.1. The summed E-state index contributed by atoms with van der Waals surface area (Å²) in [5, 5.41) is 9.33. The number of hydrogen-bond donors (Lipinski definition) is 0. The van der Waals surface area contributed by atoms with Gasteiger partial charge in [-0.3, -0.25) is 0 Å². The first kappa shape index (κ1) is 24.6. The molecule has 40 heavy (non-hydrogen) atoms. The van der Waals surface area contributed by atoms with E-state index in [0.717, 1.165) is 0 Å². The maximum absolute atomic E-state index is 2.50. The fraction of sp³-hybridized carbons (Fsp3) is 0.0769. The van der Waals surface area contributed by atoms with Gasteiger partial charge in [-0.1, -0.05) is 164 Å². The van der Waals surface area contributed by atoms with E-state index in [4.69, 9.17) is 0 Å². The molecule has 0 spiro atoms. The molecule has 0 amide bonds. The van der Waals surface area contributed by atoms with Crippen LogP contribution >= 0.6 is 0 Å². The van der Waals surface area contributed by atoms with Gasteiger partial charge in [0.05, 0.1) is 8.07 Å². The van der Waals surface area contributed by atoms with Gasteiger partial charge in [0.15, 0.2) is 0 Å². The number of rotatable bonds is 4. The van der Waals surface area contributed by atoms with E-state index >= 15 is 0 Å².